The molecule has 1 aliphatic heterocycles. The number of rotatable bonds is 1. The zero-order chi connectivity index (χ0) is 16.2. The maximum absolute atomic E-state index is 8.60. The number of allylic oxidation sites excluding steroid dienone is 1. The number of ether oxygens (including phenoxy) is 2. The smallest absolute Gasteiger partial charge is 0.191 e. The Morgan fingerprint density at radius 1 is 0.955 bits per heavy atom. The van der Waals surface area contributed by atoms with Crippen LogP contribution in [0.5, 0.6) is 11.5 Å². The first-order chi connectivity index (χ1) is 10.3. The third-order valence-electron chi connectivity index (χ3n) is 2.54. The van der Waals surface area contributed by atoms with Gasteiger partial charge in [0.1, 0.15) is 11.5 Å². The summed E-state index contributed by atoms with van der Waals surface area (Å²) in [5.74, 6) is 2.86. The fourth-order valence-corrected chi connectivity index (χ4v) is 1.74. The van der Waals surface area contributed by atoms with Crippen molar-refractivity contribution in [2.75, 3.05) is 0 Å². The first kappa shape index (κ1) is 16.2. The van der Waals surface area contributed by atoms with Gasteiger partial charge in [0.25, 0.3) is 0 Å². The molecule has 0 bridgehead atoms. The molecule has 0 saturated heterocycles. The summed E-state index contributed by atoms with van der Waals surface area (Å²) in [5.41, 5.74) is 0.777. The van der Waals surface area contributed by atoms with Gasteiger partial charge in [-0.3, -0.25) is 4.98 Å². The quantitative estimate of drug-likeness (QED) is 0.722. The van der Waals surface area contributed by atoms with E-state index in [1.54, 1.807) is 6.20 Å². The monoisotopic (exact) mass is 325 g/mol. The SMILES string of the molecule is CC1=C(c2ccccn2)Oc2ccccc2O1.[O-][Cl+3]([O-])([O-])O. The zero-order valence-electron chi connectivity index (χ0n) is 11.4. The maximum Gasteiger partial charge on any atom is 0.191 e. The van der Waals surface area contributed by atoms with E-state index in [1.807, 2.05) is 49.4 Å². The summed E-state index contributed by atoms with van der Waals surface area (Å²) >= 11 is 0. The van der Waals surface area contributed by atoms with E-state index in [-0.39, 0.29) is 0 Å². The summed E-state index contributed by atoms with van der Waals surface area (Å²) in [7, 11) is -4.69. The van der Waals surface area contributed by atoms with Gasteiger partial charge in [-0.15, -0.1) is 0 Å². The second kappa shape index (κ2) is 6.73. The summed E-state index contributed by atoms with van der Waals surface area (Å²) in [6.07, 6.45) is 1.74. The molecule has 116 valence electrons. The van der Waals surface area contributed by atoms with E-state index < -0.39 is 10.2 Å². The lowest BCUT2D eigenvalue weighted by molar-refractivity contribution is -1.92. The predicted octanol–water partition coefficient (Wildman–Crippen LogP) is -0.883. The van der Waals surface area contributed by atoms with Crippen molar-refractivity contribution in [3.63, 3.8) is 0 Å². The number of aromatic nitrogens is 1. The molecule has 0 fully saturated rings. The van der Waals surface area contributed by atoms with Crippen LogP contribution in [0.25, 0.3) is 5.76 Å². The molecule has 1 aliphatic rings. The molecule has 0 radical (unpaired) electrons. The van der Waals surface area contributed by atoms with Crippen molar-refractivity contribution in [1.82, 2.24) is 4.98 Å². The Balaban J connectivity index is 0.000000309. The summed E-state index contributed by atoms with van der Waals surface area (Å²) in [5, 5.41) is 0. The highest BCUT2D eigenvalue weighted by Gasteiger charge is 2.20. The van der Waals surface area contributed by atoms with Gasteiger partial charge in [-0.25, -0.2) is 0 Å². The normalized spacial score (nSPS) is 13.3. The summed E-state index contributed by atoms with van der Waals surface area (Å²) in [6.45, 7) is 1.87. The molecule has 0 unspecified atom stereocenters. The minimum atomic E-state index is -4.69. The van der Waals surface area contributed by atoms with Crippen molar-refractivity contribution in [1.29, 1.82) is 0 Å². The minimum Gasteiger partial charge on any atom is -0.454 e. The Hall–Kier alpha value is -2.16. The van der Waals surface area contributed by atoms with Gasteiger partial charge in [-0.05, 0) is 31.2 Å². The maximum atomic E-state index is 8.60. The third-order valence-corrected chi connectivity index (χ3v) is 2.54. The van der Waals surface area contributed by atoms with Crippen molar-refractivity contribution in [2.24, 2.45) is 0 Å². The van der Waals surface area contributed by atoms with Crippen LogP contribution in [0.2, 0.25) is 0 Å². The molecule has 3 rings (SSSR count). The molecule has 22 heavy (non-hydrogen) atoms. The van der Waals surface area contributed by atoms with Gasteiger partial charge in [-0.1, -0.05) is 18.2 Å². The summed E-state index contributed by atoms with van der Waals surface area (Å²) in [4.78, 5) is 4.26. The average molecular weight is 326 g/mol. The number of nitrogens with zero attached hydrogens (tertiary/aromatic N) is 1. The van der Waals surface area contributed by atoms with Crippen molar-refractivity contribution in [2.45, 2.75) is 6.92 Å². The Kier molecular flexibility index (Phi) is 4.96. The van der Waals surface area contributed by atoms with Crippen molar-refractivity contribution in [3.05, 3.63) is 60.1 Å². The molecular weight excluding hydrogens is 314 g/mol. The van der Waals surface area contributed by atoms with Gasteiger partial charge in [0, 0.05) is 6.20 Å². The van der Waals surface area contributed by atoms with E-state index in [1.165, 1.54) is 0 Å². The van der Waals surface area contributed by atoms with Crippen LogP contribution in [-0.2, 0) is 0 Å². The van der Waals surface area contributed by atoms with Crippen LogP contribution in [0.4, 0.5) is 0 Å². The van der Waals surface area contributed by atoms with Crippen molar-refractivity contribution in [3.8, 4) is 11.5 Å². The number of fused-ring (bicyclic) bond motifs is 1. The Bertz CT molecular complexity index is 663. The third kappa shape index (κ3) is 4.69. The molecule has 0 amide bonds. The molecule has 0 atom stereocenters. The zero-order valence-corrected chi connectivity index (χ0v) is 12.2. The van der Waals surface area contributed by atoms with Crippen LogP contribution in [-0.4, -0.2) is 9.64 Å². The second-order valence-corrected chi connectivity index (χ2v) is 4.94. The highest BCUT2D eigenvalue weighted by molar-refractivity contribution is 5.64. The highest BCUT2D eigenvalue weighted by atomic mass is 35.7. The molecule has 1 N–H and O–H groups in total. The van der Waals surface area contributed by atoms with Gasteiger partial charge in [0.2, 0.25) is 0 Å². The van der Waals surface area contributed by atoms with E-state index in [2.05, 4.69) is 4.98 Å². The molecule has 0 saturated carbocycles. The molecule has 1 aromatic carbocycles. The van der Waals surface area contributed by atoms with Crippen LogP contribution < -0.4 is 23.5 Å². The molecule has 0 aliphatic carbocycles. The number of para-hydroxylation sites is 2. The first-order valence-corrected chi connectivity index (χ1v) is 7.31. The van der Waals surface area contributed by atoms with Crippen LogP contribution in [0.1, 0.15) is 12.6 Å². The Morgan fingerprint density at radius 2 is 1.50 bits per heavy atom. The Morgan fingerprint density at radius 3 is 2.05 bits per heavy atom. The van der Waals surface area contributed by atoms with Gasteiger partial charge in [0.15, 0.2) is 17.3 Å². The van der Waals surface area contributed by atoms with Crippen molar-refractivity contribution >= 4 is 5.76 Å². The first-order valence-electron chi connectivity index (χ1n) is 6.05. The summed E-state index contributed by atoms with van der Waals surface area (Å²) in [6, 6.07) is 13.3. The van der Waals surface area contributed by atoms with Gasteiger partial charge in [-0.2, -0.15) is 14.0 Å². The molecule has 8 heteroatoms. The molecule has 2 heterocycles. The van der Waals surface area contributed by atoms with E-state index >= 15 is 0 Å². The van der Waals surface area contributed by atoms with Gasteiger partial charge in [0.05, 0.1) is 14.9 Å². The van der Waals surface area contributed by atoms with Crippen LogP contribution in [0.3, 0.4) is 0 Å². The molecule has 7 nitrogen and oxygen atoms in total. The lowest BCUT2D eigenvalue weighted by Crippen LogP contribution is -2.58. The highest BCUT2D eigenvalue weighted by Crippen LogP contribution is 2.37. The minimum absolute atomic E-state index is 0.671. The molecular formula is C14H12ClNO6. The number of halogens is 1. The largest absolute Gasteiger partial charge is 0.454 e. The van der Waals surface area contributed by atoms with E-state index in [0.717, 1.165) is 23.0 Å². The lowest BCUT2D eigenvalue weighted by Gasteiger charge is -2.21. The number of pyridine rings is 1. The fraction of sp³-hybridized carbons (Fsp3) is 0.0714. The van der Waals surface area contributed by atoms with E-state index in [4.69, 9.17) is 28.1 Å². The number of hydrogen-bond acceptors (Lipinski definition) is 7. The molecule has 0 spiro atoms. The van der Waals surface area contributed by atoms with Crippen LogP contribution >= 0.6 is 0 Å². The Labute approximate surface area is 128 Å². The lowest BCUT2D eigenvalue weighted by atomic mass is 10.2. The summed E-state index contributed by atoms with van der Waals surface area (Å²) < 4.78 is 44.3. The van der Waals surface area contributed by atoms with E-state index in [0.29, 0.717) is 5.76 Å². The fourth-order valence-electron chi connectivity index (χ4n) is 1.74. The van der Waals surface area contributed by atoms with Gasteiger partial charge < -0.3 is 9.47 Å². The van der Waals surface area contributed by atoms with Crippen LogP contribution in [0, 0.1) is 10.2 Å². The van der Waals surface area contributed by atoms with Crippen LogP contribution in [0.15, 0.2) is 54.4 Å². The van der Waals surface area contributed by atoms with Crippen molar-refractivity contribution < 1.29 is 38.4 Å². The number of benzene rings is 1. The predicted molar refractivity (Wildman–Crippen MR) is 66.7 cm³/mol. The van der Waals surface area contributed by atoms with E-state index in [9.17, 15) is 0 Å². The molecule has 1 aromatic heterocycles. The van der Waals surface area contributed by atoms with Gasteiger partial charge >= 0.3 is 0 Å². The average Bonchev–Trinajstić information content (AvgIpc) is 2.46. The number of hydrogen-bond donors (Lipinski definition) is 1. The standard InChI is InChI=1S/C14H11NO2.ClHO4/c1-10-14(11-6-4-5-9-15-11)17-13-8-3-2-7-12(13)16-10;2-1(3,4)5/h2-9H,1H3;(H,2,3,4,5). The topological polar surface area (TPSA) is 121 Å². The second-order valence-electron chi connectivity index (χ2n) is 4.15. The molecule has 2 aromatic rings.